The second-order valence-electron chi connectivity index (χ2n) is 5.73. The van der Waals surface area contributed by atoms with E-state index in [1.807, 2.05) is 48.7 Å². The zero-order valence-corrected chi connectivity index (χ0v) is 16.8. The molecule has 1 amide bonds. The van der Waals surface area contributed by atoms with Crippen LogP contribution in [-0.4, -0.2) is 22.0 Å². The fourth-order valence-corrected chi connectivity index (χ4v) is 3.52. The van der Waals surface area contributed by atoms with E-state index in [2.05, 4.69) is 31.2 Å². The van der Waals surface area contributed by atoms with E-state index in [9.17, 15) is 4.79 Å². The molecule has 1 aromatic carbocycles. The molecule has 2 atom stereocenters. The van der Waals surface area contributed by atoms with Gasteiger partial charge in [0.25, 0.3) is 5.91 Å². The third kappa shape index (κ3) is 4.47. The minimum Gasteiger partial charge on any atom is -0.480 e. The van der Waals surface area contributed by atoms with E-state index in [1.165, 1.54) is 11.3 Å². The van der Waals surface area contributed by atoms with Gasteiger partial charge in [-0.05, 0) is 54.0 Å². The van der Waals surface area contributed by atoms with Crippen molar-refractivity contribution < 1.29 is 9.53 Å². The minimum absolute atomic E-state index is 0.189. The molecule has 7 heteroatoms. The Kier molecular flexibility index (Phi) is 6.00. The molecule has 1 N–H and O–H groups in total. The molecule has 2 heterocycles. The minimum atomic E-state index is -0.617. The third-order valence-electron chi connectivity index (χ3n) is 3.72. The number of pyridine rings is 1. The van der Waals surface area contributed by atoms with Gasteiger partial charge >= 0.3 is 0 Å². The van der Waals surface area contributed by atoms with Crippen molar-refractivity contribution in [2.75, 3.05) is 0 Å². The lowest BCUT2D eigenvalue weighted by molar-refractivity contribution is -0.127. The predicted octanol–water partition coefficient (Wildman–Crippen LogP) is 4.61. The number of nitrogens with zero attached hydrogens (tertiary/aromatic N) is 2. The summed E-state index contributed by atoms with van der Waals surface area (Å²) in [5.41, 5.74) is 1.82. The molecule has 0 saturated heterocycles. The largest absolute Gasteiger partial charge is 0.480 e. The van der Waals surface area contributed by atoms with Gasteiger partial charge in [0.05, 0.1) is 16.2 Å². The van der Waals surface area contributed by atoms with Crippen molar-refractivity contribution >= 4 is 33.2 Å². The molecule has 5 nitrogen and oxygen atoms in total. The number of thiazole rings is 1. The molecule has 0 aliphatic heterocycles. The van der Waals surface area contributed by atoms with Crippen LogP contribution in [0, 0.1) is 0 Å². The van der Waals surface area contributed by atoms with Crippen LogP contribution < -0.4 is 10.1 Å². The molecule has 0 radical (unpaired) electrons. The summed E-state index contributed by atoms with van der Waals surface area (Å²) in [5.74, 6) is 0.447. The van der Waals surface area contributed by atoms with Crippen molar-refractivity contribution in [3.8, 4) is 17.0 Å². The second-order valence-corrected chi connectivity index (χ2v) is 7.48. The first-order valence-electron chi connectivity index (χ1n) is 8.12. The van der Waals surface area contributed by atoms with E-state index in [0.717, 1.165) is 20.7 Å². The van der Waals surface area contributed by atoms with Crippen LogP contribution in [0.5, 0.6) is 5.75 Å². The first kappa shape index (κ1) is 18.5. The molecule has 0 saturated carbocycles. The Morgan fingerprint density at radius 3 is 2.77 bits per heavy atom. The van der Waals surface area contributed by atoms with Gasteiger partial charge in [-0.2, -0.15) is 0 Å². The summed E-state index contributed by atoms with van der Waals surface area (Å²) >= 11 is 4.93. The highest BCUT2D eigenvalue weighted by molar-refractivity contribution is 9.10. The highest BCUT2D eigenvalue weighted by Crippen LogP contribution is 2.26. The molecule has 134 valence electrons. The Morgan fingerprint density at radius 1 is 1.23 bits per heavy atom. The lowest BCUT2D eigenvalue weighted by atomic mass is 10.2. The van der Waals surface area contributed by atoms with Gasteiger partial charge in [0, 0.05) is 23.3 Å². The van der Waals surface area contributed by atoms with Gasteiger partial charge in [-0.3, -0.25) is 9.78 Å². The number of hydrogen-bond donors (Lipinski definition) is 1. The number of para-hydroxylation sites is 1. The SMILES string of the molecule is CC(Oc1ccccc1Br)C(=O)NC(C)c1nc(-c2cccnc2)cs1. The smallest absolute Gasteiger partial charge is 0.261 e. The number of nitrogens with one attached hydrogen (secondary N) is 1. The molecular formula is C19H18BrN3O2S. The van der Waals surface area contributed by atoms with Gasteiger partial charge in [-0.15, -0.1) is 11.3 Å². The van der Waals surface area contributed by atoms with Gasteiger partial charge in [-0.25, -0.2) is 4.98 Å². The molecule has 0 bridgehead atoms. The number of amides is 1. The number of hydrogen-bond acceptors (Lipinski definition) is 5. The highest BCUT2D eigenvalue weighted by Gasteiger charge is 2.20. The van der Waals surface area contributed by atoms with Crippen LogP contribution >= 0.6 is 27.3 Å². The highest BCUT2D eigenvalue weighted by atomic mass is 79.9. The Balaban J connectivity index is 1.62. The van der Waals surface area contributed by atoms with Crippen molar-refractivity contribution in [1.82, 2.24) is 15.3 Å². The van der Waals surface area contributed by atoms with E-state index in [4.69, 9.17) is 4.74 Å². The zero-order chi connectivity index (χ0) is 18.5. The summed E-state index contributed by atoms with van der Waals surface area (Å²) in [6.07, 6.45) is 2.89. The topological polar surface area (TPSA) is 64.1 Å². The number of halogens is 1. The number of aromatic nitrogens is 2. The van der Waals surface area contributed by atoms with Crippen LogP contribution in [0.1, 0.15) is 24.9 Å². The van der Waals surface area contributed by atoms with Crippen molar-refractivity contribution in [2.24, 2.45) is 0 Å². The molecule has 2 aromatic heterocycles. The Labute approximate surface area is 164 Å². The first-order valence-corrected chi connectivity index (χ1v) is 9.79. The maximum absolute atomic E-state index is 12.4. The summed E-state index contributed by atoms with van der Waals surface area (Å²) < 4.78 is 6.55. The normalized spacial score (nSPS) is 13.0. The standard InChI is InChI=1S/C19H18BrN3O2S/c1-12(19-23-16(11-26-19)14-6-5-9-21-10-14)22-18(24)13(2)25-17-8-4-3-7-15(17)20/h3-13H,1-2H3,(H,22,24). The molecule has 0 spiro atoms. The third-order valence-corrected chi connectivity index (χ3v) is 5.40. The van der Waals surface area contributed by atoms with Crippen molar-refractivity contribution in [2.45, 2.75) is 26.0 Å². The maximum atomic E-state index is 12.4. The molecule has 2 unspecified atom stereocenters. The molecular weight excluding hydrogens is 414 g/mol. The van der Waals surface area contributed by atoms with Crippen molar-refractivity contribution in [3.63, 3.8) is 0 Å². The van der Waals surface area contributed by atoms with Crippen molar-refractivity contribution in [3.05, 3.63) is 63.7 Å². The van der Waals surface area contributed by atoms with Crippen LogP contribution in [0.2, 0.25) is 0 Å². The summed E-state index contributed by atoms with van der Waals surface area (Å²) in [6.45, 7) is 3.64. The van der Waals surface area contributed by atoms with Crippen LogP contribution in [0.25, 0.3) is 11.3 Å². The number of carbonyl (C=O) groups excluding carboxylic acids is 1. The number of carbonyl (C=O) groups is 1. The summed E-state index contributed by atoms with van der Waals surface area (Å²) in [6, 6.07) is 11.1. The molecule has 0 aliphatic rings. The lowest BCUT2D eigenvalue weighted by Crippen LogP contribution is -2.37. The van der Waals surface area contributed by atoms with E-state index < -0.39 is 6.10 Å². The molecule has 3 rings (SSSR count). The van der Waals surface area contributed by atoms with Crippen LogP contribution in [-0.2, 0) is 4.79 Å². The summed E-state index contributed by atoms with van der Waals surface area (Å²) in [5, 5.41) is 5.76. The Morgan fingerprint density at radius 2 is 2.04 bits per heavy atom. The average Bonchev–Trinajstić information content (AvgIpc) is 3.14. The second kappa shape index (κ2) is 8.42. The quantitative estimate of drug-likeness (QED) is 0.618. The molecule has 0 aliphatic carbocycles. The number of ether oxygens (including phenoxy) is 1. The van der Waals surface area contributed by atoms with E-state index in [0.29, 0.717) is 5.75 Å². The van der Waals surface area contributed by atoms with Crippen LogP contribution in [0.4, 0.5) is 0 Å². The molecule has 26 heavy (non-hydrogen) atoms. The summed E-state index contributed by atoms with van der Waals surface area (Å²) in [7, 11) is 0. The van der Waals surface area contributed by atoms with Gasteiger partial charge < -0.3 is 10.1 Å². The predicted molar refractivity (Wildman–Crippen MR) is 106 cm³/mol. The zero-order valence-electron chi connectivity index (χ0n) is 14.3. The number of benzene rings is 1. The van der Waals surface area contributed by atoms with Gasteiger partial charge in [0.15, 0.2) is 6.10 Å². The van der Waals surface area contributed by atoms with Crippen LogP contribution in [0.15, 0.2) is 58.6 Å². The molecule has 0 fully saturated rings. The first-order chi connectivity index (χ1) is 12.5. The van der Waals surface area contributed by atoms with Crippen molar-refractivity contribution in [1.29, 1.82) is 0 Å². The van der Waals surface area contributed by atoms with Gasteiger partial charge in [0.1, 0.15) is 10.8 Å². The number of rotatable bonds is 6. The lowest BCUT2D eigenvalue weighted by Gasteiger charge is -2.18. The Hall–Kier alpha value is -2.25. The average molecular weight is 432 g/mol. The van der Waals surface area contributed by atoms with E-state index in [1.54, 1.807) is 19.3 Å². The van der Waals surface area contributed by atoms with E-state index in [-0.39, 0.29) is 11.9 Å². The fourth-order valence-electron chi connectivity index (χ4n) is 2.31. The van der Waals surface area contributed by atoms with E-state index >= 15 is 0 Å². The van der Waals surface area contributed by atoms with Crippen LogP contribution in [0.3, 0.4) is 0 Å². The summed E-state index contributed by atoms with van der Waals surface area (Å²) in [4.78, 5) is 21.1. The monoisotopic (exact) mass is 431 g/mol. The Bertz CT molecular complexity index is 885. The fraction of sp³-hybridized carbons (Fsp3) is 0.211. The van der Waals surface area contributed by atoms with Gasteiger partial charge in [-0.1, -0.05) is 12.1 Å². The maximum Gasteiger partial charge on any atom is 0.261 e. The van der Waals surface area contributed by atoms with Gasteiger partial charge in [0.2, 0.25) is 0 Å². The molecule has 3 aromatic rings.